The van der Waals surface area contributed by atoms with E-state index in [1.54, 1.807) is 0 Å². The van der Waals surface area contributed by atoms with Crippen LogP contribution in [0.3, 0.4) is 0 Å². The molecule has 0 bridgehead atoms. The quantitative estimate of drug-likeness (QED) is 0.841. The molecule has 19 heavy (non-hydrogen) atoms. The first-order valence-corrected chi connectivity index (χ1v) is 7.37. The van der Waals surface area contributed by atoms with E-state index in [0.717, 1.165) is 6.07 Å². The van der Waals surface area contributed by atoms with Crippen LogP contribution in [-0.4, -0.2) is 48.1 Å². The number of carboxylic acids is 1. The van der Waals surface area contributed by atoms with E-state index in [4.69, 9.17) is 5.11 Å². The molecular formula is C12H15NO5S. The Morgan fingerprint density at radius 3 is 2.79 bits per heavy atom. The summed E-state index contributed by atoms with van der Waals surface area (Å²) in [6.45, 7) is 0.128. The Morgan fingerprint density at radius 2 is 2.16 bits per heavy atom. The zero-order valence-electron chi connectivity index (χ0n) is 10.2. The fourth-order valence-corrected chi connectivity index (χ4v) is 3.96. The zero-order valence-corrected chi connectivity index (χ0v) is 11.0. The van der Waals surface area contributed by atoms with Gasteiger partial charge in [-0.05, 0) is 31.0 Å². The van der Waals surface area contributed by atoms with Crippen molar-refractivity contribution in [2.24, 2.45) is 0 Å². The molecule has 1 aromatic carbocycles. The Balaban J connectivity index is 2.39. The molecule has 0 radical (unpaired) electrons. The fourth-order valence-electron chi connectivity index (χ4n) is 2.23. The Bertz CT molecular complexity index is 584. The maximum Gasteiger partial charge on any atom is 0.335 e. The average molecular weight is 285 g/mol. The van der Waals surface area contributed by atoms with Crippen molar-refractivity contribution in [3.8, 4) is 0 Å². The number of hydrogen-bond donors (Lipinski definition) is 2. The van der Waals surface area contributed by atoms with Crippen molar-refractivity contribution < 1.29 is 23.4 Å². The molecule has 6 nitrogen and oxygen atoms in total. The molecule has 0 amide bonds. The summed E-state index contributed by atoms with van der Waals surface area (Å²) in [7, 11) is -3.75. The van der Waals surface area contributed by atoms with Crippen molar-refractivity contribution in [1.82, 2.24) is 4.31 Å². The number of hydrogen-bond acceptors (Lipinski definition) is 4. The predicted molar refractivity (Wildman–Crippen MR) is 67.4 cm³/mol. The van der Waals surface area contributed by atoms with Gasteiger partial charge in [-0.15, -0.1) is 0 Å². The molecule has 1 saturated heterocycles. The number of carbonyl (C=O) groups is 1. The van der Waals surface area contributed by atoms with E-state index in [0.29, 0.717) is 19.4 Å². The van der Waals surface area contributed by atoms with Crippen LogP contribution in [0.4, 0.5) is 0 Å². The Kier molecular flexibility index (Phi) is 3.88. The van der Waals surface area contributed by atoms with Crippen LogP contribution in [0.15, 0.2) is 29.2 Å². The minimum absolute atomic E-state index is 0.0484. The molecule has 1 unspecified atom stereocenters. The molecule has 0 aromatic heterocycles. The lowest BCUT2D eigenvalue weighted by Gasteiger charge is -2.22. The van der Waals surface area contributed by atoms with E-state index in [2.05, 4.69) is 0 Å². The van der Waals surface area contributed by atoms with Gasteiger partial charge in [0.2, 0.25) is 10.0 Å². The lowest BCUT2D eigenvalue weighted by molar-refractivity contribution is 0.0696. The summed E-state index contributed by atoms with van der Waals surface area (Å²) in [5, 5.41) is 18.1. The van der Waals surface area contributed by atoms with E-state index < -0.39 is 22.0 Å². The number of benzene rings is 1. The summed E-state index contributed by atoms with van der Waals surface area (Å²) in [6.07, 6.45) is 1.32. The third-order valence-electron chi connectivity index (χ3n) is 3.22. The first kappa shape index (κ1) is 14.0. The SMILES string of the molecule is O=C(O)c1cccc(S(=O)(=O)N2CCCC2CO)c1. The molecule has 7 heteroatoms. The Hall–Kier alpha value is -1.44. The Labute approximate surface area is 111 Å². The number of carboxylic acid groups (broad SMARTS) is 1. The third-order valence-corrected chi connectivity index (χ3v) is 5.17. The van der Waals surface area contributed by atoms with Crippen LogP contribution in [0.2, 0.25) is 0 Å². The molecular weight excluding hydrogens is 270 g/mol. The van der Waals surface area contributed by atoms with Gasteiger partial charge in [-0.1, -0.05) is 6.07 Å². The van der Waals surface area contributed by atoms with Gasteiger partial charge in [-0.25, -0.2) is 13.2 Å². The van der Waals surface area contributed by atoms with Gasteiger partial charge >= 0.3 is 5.97 Å². The van der Waals surface area contributed by atoms with Crippen molar-refractivity contribution in [1.29, 1.82) is 0 Å². The topological polar surface area (TPSA) is 94.9 Å². The van der Waals surface area contributed by atoms with Gasteiger partial charge < -0.3 is 10.2 Å². The van der Waals surface area contributed by atoms with Crippen molar-refractivity contribution in [2.75, 3.05) is 13.2 Å². The van der Waals surface area contributed by atoms with Crippen LogP contribution in [0, 0.1) is 0 Å². The van der Waals surface area contributed by atoms with Crippen LogP contribution in [0.5, 0.6) is 0 Å². The third kappa shape index (κ3) is 2.63. The Morgan fingerprint density at radius 1 is 1.42 bits per heavy atom. The highest BCUT2D eigenvalue weighted by Gasteiger charge is 2.34. The molecule has 104 valence electrons. The molecule has 1 heterocycles. The fraction of sp³-hybridized carbons (Fsp3) is 0.417. The van der Waals surface area contributed by atoms with Crippen molar-refractivity contribution >= 4 is 16.0 Å². The molecule has 2 N–H and O–H groups in total. The first-order valence-electron chi connectivity index (χ1n) is 5.93. The predicted octanol–water partition coefficient (Wildman–Crippen LogP) is 0.530. The maximum atomic E-state index is 12.4. The molecule has 2 rings (SSSR count). The van der Waals surface area contributed by atoms with Gasteiger partial charge in [0.05, 0.1) is 17.1 Å². The largest absolute Gasteiger partial charge is 0.478 e. The second kappa shape index (κ2) is 5.28. The molecule has 1 aromatic rings. The van der Waals surface area contributed by atoms with E-state index in [1.165, 1.54) is 22.5 Å². The van der Waals surface area contributed by atoms with Crippen molar-refractivity contribution in [2.45, 2.75) is 23.8 Å². The maximum absolute atomic E-state index is 12.4. The number of aliphatic hydroxyl groups is 1. The van der Waals surface area contributed by atoms with Crippen LogP contribution in [0.1, 0.15) is 23.2 Å². The van der Waals surface area contributed by atoms with Crippen LogP contribution in [0.25, 0.3) is 0 Å². The molecule has 0 aliphatic carbocycles. The highest BCUT2D eigenvalue weighted by molar-refractivity contribution is 7.89. The van der Waals surface area contributed by atoms with Gasteiger partial charge in [-0.3, -0.25) is 0 Å². The summed E-state index contributed by atoms with van der Waals surface area (Å²) < 4.78 is 26.0. The molecule has 0 spiro atoms. The normalized spacial score (nSPS) is 20.6. The summed E-state index contributed by atoms with van der Waals surface area (Å²) in [5.74, 6) is -1.17. The lowest BCUT2D eigenvalue weighted by Crippen LogP contribution is -2.37. The van der Waals surface area contributed by atoms with E-state index in [1.807, 2.05) is 0 Å². The van der Waals surface area contributed by atoms with Gasteiger partial charge in [0.15, 0.2) is 0 Å². The first-order chi connectivity index (χ1) is 8.96. The number of aliphatic hydroxyl groups excluding tert-OH is 1. The highest BCUT2D eigenvalue weighted by Crippen LogP contribution is 2.26. The molecule has 1 aliphatic rings. The molecule has 0 saturated carbocycles. The highest BCUT2D eigenvalue weighted by atomic mass is 32.2. The monoisotopic (exact) mass is 285 g/mol. The van der Waals surface area contributed by atoms with Gasteiger partial charge in [0, 0.05) is 12.6 Å². The summed E-state index contributed by atoms with van der Waals surface area (Å²) in [6, 6.07) is 4.84. The van der Waals surface area contributed by atoms with Crippen LogP contribution in [-0.2, 0) is 10.0 Å². The molecule has 1 fully saturated rings. The standard InChI is InChI=1S/C12H15NO5S/c14-8-10-4-2-6-13(10)19(17,18)11-5-1-3-9(7-11)12(15)16/h1,3,5,7,10,14H,2,4,6,8H2,(H,15,16). The number of sulfonamides is 1. The lowest BCUT2D eigenvalue weighted by atomic mass is 10.2. The number of aromatic carboxylic acids is 1. The minimum atomic E-state index is -3.75. The van der Waals surface area contributed by atoms with E-state index >= 15 is 0 Å². The second-order valence-corrected chi connectivity index (χ2v) is 6.32. The van der Waals surface area contributed by atoms with Crippen LogP contribution < -0.4 is 0 Å². The van der Waals surface area contributed by atoms with E-state index in [-0.39, 0.29) is 17.1 Å². The van der Waals surface area contributed by atoms with Crippen LogP contribution >= 0.6 is 0 Å². The second-order valence-electron chi connectivity index (χ2n) is 4.43. The minimum Gasteiger partial charge on any atom is -0.478 e. The molecule has 1 aliphatic heterocycles. The van der Waals surface area contributed by atoms with Crippen molar-refractivity contribution in [3.63, 3.8) is 0 Å². The van der Waals surface area contributed by atoms with Crippen molar-refractivity contribution in [3.05, 3.63) is 29.8 Å². The summed E-state index contributed by atoms with van der Waals surface area (Å²) >= 11 is 0. The van der Waals surface area contributed by atoms with Gasteiger partial charge in [0.1, 0.15) is 0 Å². The number of nitrogens with zero attached hydrogens (tertiary/aromatic N) is 1. The molecule has 1 atom stereocenters. The van der Waals surface area contributed by atoms with E-state index in [9.17, 15) is 18.3 Å². The number of rotatable bonds is 4. The summed E-state index contributed by atoms with van der Waals surface area (Å²) in [5.41, 5.74) is -0.0687. The summed E-state index contributed by atoms with van der Waals surface area (Å²) in [4.78, 5) is 10.8. The zero-order chi connectivity index (χ0) is 14.0. The smallest absolute Gasteiger partial charge is 0.335 e. The van der Waals surface area contributed by atoms with Gasteiger partial charge in [-0.2, -0.15) is 4.31 Å². The average Bonchev–Trinajstić information content (AvgIpc) is 2.88. The van der Waals surface area contributed by atoms with Gasteiger partial charge in [0.25, 0.3) is 0 Å².